The van der Waals surface area contributed by atoms with E-state index in [0.717, 1.165) is 17.1 Å². The number of carbonyl (C=O) groups is 1. The van der Waals surface area contributed by atoms with Crippen LogP contribution in [0.5, 0.6) is 17.4 Å². The molecule has 0 aliphatic rings. The number of methoxy groups -OCH3 is 1. The summed E-state index contributed by atoms with van der Waals surface area (Å²) in [6, 6.07) is 24.4. The normalized spacial score (nSPS) is 12.2. The summed E-state index contributed by atoms with van der Waals surface area (Å²) < 4.78 is 13.1. The molecule has 0 aliphatic carbocycles. The van der Waals surface area contributed by atoms with E-state index in [1.165, 1.54) is 0 Å². The first-order valence-electron chi connectivity index (χ1n) is 14.4. The molecular weight excluding hydrogens is 582 g/mol. The summed E-state index contributed by atoms with van der Waals surface area (Å²) in [5.74, 6) is 2.41. The summed E-state index contributed by atoms with van der Waals surface area (Å²) in [6.07, 6.45) is 4.73. The van der Waals surface area contributed by atoms with Gasteiger partial charge >= 0.3 is 6.03 Å². The van der Waals surface area contributed by atoms with Crippen molar-refractivity contribution in [1.29, 1.82) is 0 Å². The molecule has 2 amide bonds. The third-order valence-electron chi connectivity index (χ3n) is 6.77. The number of amides is 2. The van der Waals surface area contributed by atoms with Crippen molar-refractivity contribution in [3.05, 3.63) is 120 Å². The second kappa shape index (κ2) is 13.7. The van der Waals surface area contributed by atoms with Gasteiger partial charge in [-0.1, -0.05) is 51.6 Å². The third kappa shape index (κ3) is 7.69. The third-order valence-corrected chi connectivity index (χ3v) is 6.77. The van der Waals surface area contributed by atoms with Gasteiger partial charge in [-0.05, 0) is 54.6 Å². The molecule has 0 spiro atoms. The van der Waals surface area contributed by atoms with Gasteiger partial charge in [0.05, 0.1) is 18.5 Å². The highest BCUT2D eigenvalue weighted by molar-refractivity contribution is 5.91. The van der Waals surface area contributed by atoms with Crippen LogP contribution in [-0.4, -0.2) is 38.0 Å². The molecule has 5 aromatic rings. The minimum atomic E-state index is -0.452. The minimum Gasteiger partial charge on any atom is -0.508 e. The molecule has 46 heavy (non-hydrogen) atoms. The minimum absolute atomic E-state index is 0.158. The summed E-state index contributed by atoms with van der Waals surface area (Å²) in [7, 11) is 1.61. The van der Waals surface area contributed by atoms with Crippen LogP contribution in [0, 0.1) is 0 Å². The first kappa shape index (κ1) is 31.3. The van der Waals surface area contributed by atoms with Crippen molar-refractivity contribution in [1.82, 2.24) is 25.1 Å². The van der Waals surface area contributed by atoms with Gasteiger partial charge in [-0.3, -0.25) is 5.32 Å². The summed E-state index contributed by atoms with van der Waals surface area (Å²) in [5.41, 5.74) is 2.06. The lowest BCUT2D eigenvalue weighted by molar-refractivity contribution is 0.255. The largest absolute Gasteiger partial charge is 0.508 e. The number of rotatable bonds is 9. The van der Waals surface area contributed by atoms with Crippen molar-refractivity contribution >= 4 is 35.4 Å². The van der Waals surface area contributed by atoms with Crippen molar-refractivity contribution in [3.8, 4) is 23.1 Å². The average molecular weight is 618 g/mol. The fourth-order valence-corrected chi connectivity index (χ4v) is 4.35. The Morgan fingerprint density at radius 1 is 1.00 bits per heavy atom. The van der Waals surface area contributed by atoms with Crippen LogP contribution in [0.4, 0.5) is 22.2 Å². The number of phenols is 1. The zero-order valence-corrected chi connectivity index (χ0v) is 26.0. The van der Waals surface area contributed by atoms with Crippen molar-refractivity contribution in [2.75, 3.05) is 17.7 Å². The molecular formula is C35H35N7O4. The Bertz CT molecular complexity index is 1960. The molecule has 11 nitrogen and oxygen atoms in total. The number of urea groups is 1. The maximum atomic E-state index is 13.2. The van der Waals surface area contributed by atoms with Gasteiger partial charge in [-0.2, -0.15) is 10.1 Å². The van der Waals surface area contributed by atoms with Crippen LogP contribution >= 0.6 is 0 Å². The first-order chi connectivity index (χ1) is 22.1. The fourth-order valence-electron chi connectivity index (χ4n) is 4.35. The number of carbonyl (C=O) groups excluding carboxylic acids is 1. The van der Waals surface area contributed by atoms with Crippen LogP contribution in [0.1, 0.15) is 26.5 Å². The second-order valence-corrected chi connectivity index (χ2v) is 11.2. The van der Waals surface area contributed by atoms with Crippen molar-refractivity contribution in [2.45, 2.75) is 26.2 Å². The zero-order chi connectivity index (χ0) is 32.7. The van der Waals surface area contributed by atoms with Gasteiger partial charge in [0.1, 0.15) is 23.1 Å². The number of nitrogens with zero attached hydrogens (tertiary/aromatic N) is 4. The Kier molecular flexibility index (Phi) is 9.32. The monoisotopic (exact) mass is 617 g/mol. The number of anilines is 3. The maximum absolute atomic E-state index is 13.2. The summed E-state index contributed by atoms with van der Waals surface area (Å²) in [4.78, 5) is 21.8. The lowest BCUT2D eigenvalue weighted by atomic mass is 9.92. The van der Waals surface area contributed by atoms with E-state index in [0.29, 0.717) is 33.7 Å². The number of hydrogen-bond donors (Lipinski definition) is 4. The lowest BCUT2D eigenvalue weighted by Crippen LogP contribution is -2.33. The zero-order valence-electron chi connectivity index (χ0n) is 26.0. The molecule has 0 fully saturated rings. The molecule has 0 saturated carbocycles. The van der Waals surface area contributed by atoms with E-state index in [-0.39, 0.29) is 17.0 Å². The lowest BCUT2D eigenvalue weighted by Gasteiger charge is -2.14. The SMILES string of the molecule is C=CC(Oc1ccnc(Nc2ccc(O)cc2)n1)=c1ccccc1=CNC(=O)Nc1cc(C(C)(C)C)nn1-c1ccc(OC)cc1. The van der Waals surface area contributed by atoms with E-state index in [1.54, 1.807) is 60.6 Å². The Labute approximate surface area is 266 Å². The van der Waals surface area contributed by atoms with Gasteiger partial charge in [-0.25, -0.2) is 14.5 Å². The molecule has 3 aromatic carbocycles. The standard InChI is InChI=1S/C35H35N7O4/c1-6-29(46-32-19-20-36-33(40-32)38-24-11-15-26(43)16-12-24)28-10-8-7-9-23(28)22-37-34(44)39-31-21-30(35(2,3)4)41-42(31)25-13-17-27(45-5)18-14-25/h6-22,43H,1H2,2-5H3,(H,36,38,40)(H2,37,39,44). The van der Waals surface area contributed by atoms with E-state index < -0.39 is 6.03 Å². The highest BCUT2D eigenvalue weighted by atomic mass is 16.5. The number of phenolic OH excluding ortho intramolecular Hbond substituents is 1. The number of benzene rings is 3. The van der Waals surface area contributed by atoms with E-state index in [1.807, 2.05) is 54.6 Å². The van der Waals surface area contributed by atoms with E-state index in [2.05, 4.69) is 53.3 Å². The maximum Gasteiger partial charge on any atom is 0.324 e. The molecule has 0 atom stereocenters. The number of hydrogen-bond acceptors (Lipinski definition) is 8. The summed E-state index contributed by atoms with van der Waals surface area (Å²) >= 11 is 0. The van der Waals surface area contributed by atoms with Crippen LogP contribution in [0.2, 0.25) is 0 Å². The highest BCUT2D eigenvalue weighted by Crippen LogP contribution is 2.27. The molecule has 0 aliphatic heterocycles. The topological polar surface area (TPSA) is 135 Å². The van der Waals surface area contributed by atoms with Crippen LogP contribution in [0.25, 0.3) is 17.6 Å². The molecule has 0 bridgehead atoms. The first-order valence-corrected chi connectivity index (χ1v) is 14.4. The molecule has 11 heteroatoms. The molecule has 0 unspecified atom stereocenters. The summed E-state index contributed by atoms with van der Waals surface area (Å²) in [5, 5.41) is 24.5. The predicted octanol–water partition coefficient (Wildman–Crippen LogP) is 5.35. The molecule has 234 valence electrons. The molecule has 5 rings (SSSR count). The summed E-state index contributed by atoms with van der Waals surface area (Å²) in [6.45, 7) is 10.1. The van der Waals surface area contributed by atoms with Crippen molar-refractivity contribution in [3.63, 3.8) is 0 Å². The quantitative estimate of drug-likeness (QED) is 0.163. The number of nitrogens with one attached hydrogen (secondary N) is 3. The van der Waals surface area contributed by atoms with Crippen LogP contribution < -0.4 is 35.9 Å². The number of aromatic nitrogens is 4. The van der Waals surface area contributed by atoms with E-state index >= 15 is 0 Å². The molecule has 2 aromatic heterocycles. The Morgan fingerprint density at radius 3 is 2.43 bits per heavy atom. The van der Waals surface area contributed by atoms with Crippen molar-refractivity contribution in [2.24, 2.45) is 0 Å². The molecule has 0 radical (unpaired) electrons. The Morgan fingerprint density at radius 2 is 1.74 bits per heavy atom. The van der Waals surface area contributed by atoms with Gasteiger partial charge in [-0.15, -0.1) is 0 Å². The number of aromatic hydroxyl groups is 1. The highest BCUT2D eigenvalue weighted by Gasteiger charge is 2.21. The van der Waals surface area contributed by atoms with Gasteiger partial charge in [0.2, 0.25) is 11.8 Å². The Balaban J connectivity index is 1.38. The van der Waals surface area contributed by atoms with Crippen LogP contribution in [0.3, 0.4) is 0 Å². The van der Waals surface area contributed by atoms with E-state index in [9.17, 15) is 9.90 Å². The molecule has 4 N–H and O–H groups in total. The fraction of sp³-hybridized carbons (Fsp3) is 0.143. The van der Waals surface area contributed by atoms with Gasteiger partial charge in [0.25, 0.3) is 0 Å². The van der Waals surface area contributed by atoms with Crippen molar-refractivity contribution < 1.29 is 19.4 Å². The average Bonchev–Trinajstić information content (AvgIpc) is 3.48. The predicted molar refractivity (Wildman–Crippen MR) is 179 cm³/mol. The molecule has 2 heterocycles. The van der Waals surface area contributed by atoms with Gasteiger partial charge < -0.3 is 25.2 Å². The van der Waals surface area contributed by atoms with E-state index in [4.69, 9.17) is 14.6 Å². The van der Waals surface area contributed by atoms with Crippen LogP contribution in [-0.2, 0) is 5.41 Å². The van der Waals surface area contributed by atoms with Crippen LogP contribution in [0.15, 0.2) is 104 Å². The van der Waals surface area contributed by atoms with Gasteiger partial charge in [0.15, 0.2) is 0 Å². The second-order valence-electron chi connectivity index (χ2n) is 11.2. The van der Waals surface area contributed by atoms with Gasteiger partial charge in [0, 0.05) is 46.1 Å². The Hall–Kier alpha value is -6.10. The number of ether oxygens (including phenoxy) is 2. The molecule has 0 saturated heterocycles. The smallest absolute Gasteiger partial charge is 0.324 e.